The molecule has 106 valence electrons. The lowest BCUT2D eigenvalue weighted by Crippen LogP contribution is -2.46. The SMILES string of the molecule is CC(C)NC(=O)CN(CC1CCCNC1)C(C)C. The molecular weight excluding hydrogens is 226 g/mol. The van der Waals surface area contributed by atoms with E-state index >= 15 is 0 Å². The van der Waals surface area contributed by atoms with E-state index in [1.165, 1.54) is 12.8 Å². The van der Waals surface area contributed by atoms with E-state index in [0.29, 0.717) is 18.5 Å². The summed E-state index contributed by atoms with van der Waals surface area (Å²) >= 11 is 0. The maximum absolute atomic E-state index is 11.8. The quantitative estimate of drug-likeness (QED) is 0.750. The van der Waals surface area contributed by atoms with Gasteiger partial charge in [-0.25, -0.2) is 0 Å². The van der Waals surface area contributed by atoms with Gasteiger partial charge in [-0.2, -0.15) is 0 Å². The molecule has 1 amide bonds. The summed E-state index contributed by atoms with van der Waals surface area (Å²) in [6, 6.07) is 0.646. The molecule has 0 aromatic carbocycles. The van der Waals surface area contributed by atoms with Gasteiger partial charge in [0.15, 0.2) is 0 Å². The van der Waals surface area contributed by atoms with Crippen LogP contribution in [0.5, 0.6) is 0 Å². The molecule has 0 aromatic heterocycles. The van der Waals surface area contributed by atoms with Crippen LogP contribution in [0.1, 0.15) is 40.5 Å². The third-order valence-electron chi connectivity index (χ3n) is 3.42. The fourth-order valence-electron chi connectivity index (χ4n) is 2.42. The standard InChI is InChI=1S/C14H29N3O/c1-11(2)16-14(18)10-17(12(3)4)9-13-6-5-7-15-8-13/h11-13,15H,5-10H2,1-4H3,(H,16,18). The van der Waals surface area contributed by atoms with Crippen LogP contribution >= 0.6 is 0 Å². The van der Waals surface area contributed by atoms with E-state index in [9.17, 15) is 4.79 Å². The van der Waals surface area contributed by atoms with Crippen LogP contribution in [0.15, 0.2) is 0 Å². The maximum atomic E-state index is 11.8. The van der Waals surface area contributed by atoms with Crippen LogP contribution < -0.4 is 10.6 Å². The van der Waals surface area contributed by atoms with Gasteiger partial charge in [-0.05, 0) is 59.5 Å². The van der Waals surface area contributed by atoms with Crippen LogP contribution in [0.4, 0.5) is 0 Å². The summed E-state index contributed by atoms with van der Waals surface area (Å²) < 4.78 is 0. The fourth-order valence-corrected chi connectivity index (χ4v) is 2.42. The Labute approximate surface area is 111 Å². The van der Waals surface area contributed by atoms with Crippen molar-refractivity contribution in [2.24, 2.45) is 5.92 Å². The predicted molar refractivity (Wildman–Crippen MR) is 75.6 cm³/mol. The number of nitrogens with zero attached hydrogens (tertiary/aromatic N) is 1. The van der Waals surface area contributed by atoms with E-state index < -0.39 is 0 Å². The molecule has 0 aliphatic carbocycles. The number of carbonyl (C=O) groups is 1. The number of rotatable bonds is 6. The van der Waals surface area contributed by atoms with Gasteiger partial charge < -0.3 is 10.6 Å². The van der Waals surface area contributed by atoms with Crippen molar-refractivity contribution in [3.8, 4) is 0 Å². The topological polar surface area (TPSA) is 44.4 Å². The summed E-state index contributed by atoms with van der Waals surface area (Å²) in [6.07, 6.45) is 2.54. The van der Waals surface area contributed by atoms with Crippen molar-refractivity contribution in [2.45, 2.75) is 52.6 Å². The molecule has 0 saturated carbocycles. The second kappa shape index (κ2) is 7.74. The first-order valence-electron chi connectivity index (χ1n) is 7.23. The zero-order valence-electron chi connectivity index (χ0n) is 12.3. The Morgan fingerprint density at radius 2 is 2.11 bits per heavy atom. The first kappa shape index (κ1) is 15.4. The van der Waals surface area contributed by atoms with E-state index in [2.05, 4.69) is 29.4 Å². The van der Waals surface area contributed by atoms with Crippen molar-refractivity contribution >= 4 is 5.91 Å². The Bertz CT molecular complexity index is 247. The van der Waals surface area contributed by atoms with Gasteiger partial charge in [-0.15, -0.1) is 0 Å². The summed E-state index contributed by atoms with van der Waals surface area (Å²) in [4.78, 5) is 14.1. The molecule has 1 rings (SSSR count). The number of carbonyl (C=O) groups excluding carboxylic acids is 1. The zero-order chi connectivity index (χ0) is 13.5. The number of hydrogen-bond donors (Lipinski definition) is 2. The minimum absolute atomic E-state index is 0.141. The van der Waals surface area contributed by atoms with Gasteiger partial charge in [0.25, 0.3) is 0 Å². The first-order valence-corrected chi connectivity index (χ1v) is 7.23. The number of hydrogen-bond acceptors (Lipinski definition) is 3. The van der Waals surface area contributed by atoms with Crippen molar-refractivity contribution in [3.05, 3.63) is 0 Å². The van der Waals surface area contributed by atoms with Gasteiger partial charge >= 0.3 is 0 Å². The Kier molecular flexibility index (Phi) is 6.65. The molecule has 0 aromatic rings. The van der Waals surface area contributed by atoms with Gasteiger partial charge in [-0.1, -0.05) is 0 Å². The minimum Gasteiger partial charge on any atom is -0.353 e. The zero-order valence-corrected chi connectivity index (χ0v) is 12.3. The Morgan fingerprint density at radius 3 is 2.61 bits per heavy atom. The van der Waals surface area contributed by atoms with Crippen molar-refractivity contribution in [1.29, 1.82) is 0 Å². The summed E-state index contributed by atoms with van der Waals surface area (Å²) in [5.74, 6) is 0.829. The van der Waals surface area contributed by atoms with E-state index in [1.807, 2.05) is 13.8 Å². The van der Waals surface area contributed by atoms with Crippen LogP contribution in [0.2, 0.25) is 0 Å². The Hall–Kier alpha value is -0.610. The number of nitrogens with one attached hydrogen (secondary N) is 2. The van der Waals surface area contributed by atoms with Gasteiger partial charge in [0.05, 0.1) is 6.54 Å². The lowest BCUT2D eigenvalue weighted by Gasteiger charge is -2.32. The molecule has 18 heavy (non-hydrogen) atoms. The second-order valence-corrected chi connectivity index (χ2v) is 5.96. The Morgan fingerprint density at radius 1 is 1.39 bits per heavy atom. The molecule has 4 heteroatoms. The van der Waals surface area contributed by atoms with Gasteiger partial charge in [0, 0.05) is 18.6 Å². The molecule has 2 N–H and O–H groups in total. The summed E-state index contributed by atoms with van der Waals surface area (Å²) in [7, 11) is 0. The van der Waals surface area contributed by atoms with Crippen LogP contribution in [-0.2, 0) is 4.79 Å². The van der Waals surface area contributed by atoms with Gasteiger partial charge in [0.2, 0.25) is 5.91 Å². The molecule has 0 bridgehead atoms. The molecule has 0 spiro atoms. The van der Waals surface area contributed by atoms with E-state index in [4.69, 9.17) is 0 Å². The average molecular weight is 255 g/mol. The highest BCUT2D eigenvalue weighted by atomic mass is 16.2. The minimum atomic E-state index is 0.141. The third-order valence-corrected chi connectivity index (χ3v) is 3.42. The van der Waals surface area contributed by atoms with Gasteiger partial charge in [0.1, 0.15) is 0 Å². The summed E-state index contributed by atoms with van der Waals surface area (Å²) in [5.41, 5.74) is 0. The molecule has 1 fully saturated rings. The molecule has 4 nitrogen and oxygen atoms in total. The first-order chi connectivity index (χ1) is 8.49. The molecule has 1 heterocycles. The molecule has 1 unspecified atom stereocenters. The Balaban J connectivity index is 2.41. The highest BCUT2D eigenvalue weighted by molar-refractivity contribution is 5.78. The van der Waals surface area contributed by atoms with E-state index in [1.54, 1.807) is 0 Å². The number of amides is 1. The second-order valence-electron chi connectivity index (χ2n) is 5.96. The molecular formula is C14H29N3O. The normalized spacial score (nSPS) is 20.7. The maximum Gasteiger partial charge on any atom is 0.234 e. The molecule has 1 atom stereocenters. The average Bonchev–Trinajstić information content (AvgIpc) is 2.28. The summed E-state index contributed by atoms with van der Waals surface area (Å²) in [6.45, 7) is 12.1. The summed E-state index contributed by atoms with van der Waals surface area (Å²) in [5, 5.41) is 6.41. The van der Waals surface area contributed by atoms with Crippen molar-refractivity contribution in [3.63, 3.8) is 0 Å². The molecule has 1 aliphatic rings. The highest BCUT2D eigenvalue weighted by Crippen LogP contribution is 2.13. The number of piperidine rings is 1. The van der Waals surface area contributed by atoms with Crippen molar-refractivity contribution in [1.82, 2.24) is 15.5 Å². The molecule has 0 radical (unpaired) electrons. The van der Waals surface area contributed by atoms with Crippen LogP contribution in [0.3, 0.4) is 0 Å². The molecule has 1 aliphatic heterocycles. The smallest absolute Gasteiger partial charge is 0.234 e. The largest absolute Gasteiger partial charge is 0.353 e. The lowest BCUT2D eigenvalue weighted by atomic mass is 9.98. The van der Waals surface area contributed by atoms with Crippen molar-refractivity contribution in [2.75, 3.05) is 26.2 Å². The van der Waals surface area contributed by atoms with E-state index in [0.717, 1.165) is 19.6 Å². The van der Waals surface area contributed by atoms with Crippen LogP contribution in [0.25, 0.3) is 0 Å². The van der Waals surface area contributed by atoms with Crippen LogP contribution in [0, 0.1) is 5.92 Å². The van der Waals surface area contributed by atoms with E-state index in [-0.39, 0.29) is 11.9 Å². The van der Waals surface area contributed by atoms with Gasteiger partial charge in [-0.3, -0.25) is 9.69 Å². The van der Waals surface area contributed by atoms with Crippen molar-refractivity contribution < 1.29 is 4.79 Å². The van der Waals surface area contributed by atoms with Crippen LogP contribution in [-0.4, -0.2) is 49.1 Å². The monoisotopic (exact) mass is 255 g/mol. The third kappa shape index (κ3) is 5.83. The lowest BCUT2D eigenvalue weighted by molar-refractivity contribution is -0.123. The fraction of sp³-hybridized carbons (Fsp3) is 0.929. The highest BCUT2D eigenvalue weighted by Gasteiger charge is 2.20. The molecule has 1 saturated heterocycles. The predicted octanol–water partition coefficient (Wildman–Crippen LogP) is 1.22.